The number of nitrogens with one attached hydrogen (secondary N) is 1. The van der Waals surface area contributed by atoms with E-state index in [0.29, 0.717) is 12.1 Å². The van der Waals surface area contributed by atoms with Crippen molar-refractivity contribution in [3.63, 3.8) is 0 Å². The van der Waals surface area contributed by atoms with Crippen LogP contribution < -0.4 is 5.32 Å². The van der Waals surface area contributed by atoms with Gasteiger partial charge in [-0.2, -0.15) is 0 Å². The topological polar surface area (TPSA) is 49.3 Å². The summed E-state index contributed by atoms with van der Waals surface area (Å²) in [5.41, 5.74) is 2.84. The lowest BCUT2D eigenvalue weighted by molar-refractivity contribution is 0.0918. The molecule has 0 aliphatic carbocycles. The molecule has 1 saturated heterocycles. The van der Waals surface area contributed by atoms with Gasteiger partial charge in [0.05, 0.1) is 6.61 Å². The molecule has 0 spiro atoms. The average Bonchev–Trinajstić information content (AvgIpc) is 2.89. The zero-order chi connectivity index (χ0) is 13.9. The van der Waals surface area contributed by atoms with Crippen LogP contribution in [0.2, 0.25) is 0 Å². The molecule has 1 aromatic carbocycles. The highest BCUT2D eigenvalue weighted by atomic mass is 33.1. The number of hydrogen-bond donors (Lipinski definition) is 2. The summed E-state index contributed by atoms with van der Waals surface area (Å²) in [6.07, 6.45) is 0. The van der Waals surface area contributed by atoms with E-state index in [1.807, 2.05) is 32.0 Å². The molecule has 19 heavy (non-hydrogen) atoms. The van der Waals surface area contributed by atoms with E-state index in [-0.39, 0.29) is 17.9 Å². The number of aliphatic hydroxyl groups excluding tert-OH is 1. The van der Waals surface area contributed by atoms with Gasteiger partial charge in [0.1, 0.15) is 0 Å². The lowest BCUT2D eigenvalue weighted by atomic mass is 9.94. The first-order valence-electron chi connectivity index (χ1n) is 6.27. The number of hydrogen-bond acceptors (Lipinski definition) is 4. The van der Waals surface area contributed by atoms with E-state index in [1.54, 1.807) is 21.6 Å². The van der Waals surface area contributed by atoms with Crippen LogP contribution in [0, 0.1) is 19.3 Å². The monoisotopic (exact) mass is 297 g/mol. The van der Waals surface area contributed by atoms with Crippen molar-refractivity contribution in [3.8, 4) is 0 Å². The highest BCUT2D eigenvalue weighted by Gasteiger charge is 2.35. The second kappa shape index (κ2) is 6.20. The average molecular weight is 297 g/mol. The van der Waals surface area contributed by atoms with Crippen LogP contribution in [-0.4, -0.2) is 35.7 Å². The van der Waals surface area contributed by atoms with Gasteiger partial charge in [0.25, 0.3) is 5.91 Å². The Kier molecular flexibility index (Phi) is 4.81. The van der Waals surface area contributed by atoms with Crippen LogP contribution in [0.4, 0.5) is 0 Å². The Bertz CT molecular complexity index is 471. The van der Waals surface area contributed by atoms with Crippen molar-refractivity contribution in [2.24, 2.45) is 5.41 Å². The van der Waals surface area contributed by atoms with Gasteiger partial charge >= 0.3 is 0 Å². The van der Waals surface area contributed by atoms with Crippen LogP contribution in [-0.2, 0) is 0 Å². The van der Waals surface area contributed by atoms with Crippen molar-refractivity contribution in [1.82, 2.24) is 5.32 Å². The van der Waals surface area contributed by atoms with E-state index >= 15 is 0 Å². The third-order valence-electron chi connectivity index (χ3n) is 3.54. The fourth-order valence-electron chi connectivity index (χ4n) is 1.88. The number of carbonyl (C=O) groups is 1. The molecule has 1 amide bonds. The van der Waals surface area contributed by atoms with Gasteiger partial charge in [0, 0.05) is 29.0 Å². The van der Waals surface area contributed by atoms with Gasteiger partial charge in [-0.05, 0) is 37.1 Å². The highest BCUT2D eigenvalue weighted by Crippen LogP contribution is 2.42. The fraction of sp³-hybridized carbons (Fsp3) is 0.500. The van der Waals surface area contributed by atoms with Crippen LogP contribution in [0.3, 0.4) is 0 Å². The van der Waals surface area contributed by atoms with Gasteiger partial charge in [-0.1, -0.05) is 27.7 Å². The molecule has 0 aromatic heterocycles. The molecule has 1 aromatic rings. The molecular weight excluding hydrogens is 278 g/mol. The van der Waals surface area contributed by atoms with Crippen LogP contribution in [0.5, 0.6) is 0 Å². The van der Waals surface area contributed by atoms with Gasteiger partial charge in [0.2, 0.25) is 0 Å². The molecule has 0 bridgehead atoms. The number of rotatable bonds is 4. The third-order valence-corrected chi connectivity index (χ3v) is 6.38. The Balaban J connectivity index is 1.99. The molecule has 0 saturated carbocycles. The van der Waals surface area contributed by atoms with E-state index in [4.69, 9.17) is 0 Å². The van der Waals surface area contributed by atoms with Crippen LogP contribution in [0.15, 0.2) is 18.2 Å². The fourth-order valence-corrected chi connectivity index (χ4v) is 5.26. The van der Waals surface area contributed by atoms with Crippen molar-refractivity contribution in [1.29, 1.82) is 0 Å². The quantitative estimate of drug-likeness (QED) is 0.838. The van der Waals surface area contributed by atoms with E-state index in [1.165, 1.54) is 5.56 Å². The predicted molar refractivity (Wildman–Crippen MR) is 82.7 cm³/mol. The Morgan fingerprint density at radius 1 is 1.32 bits per heavy atom. The van der Waals surface area contributed by atoms with E-state index < -0.39 is 0 Å². The number of amides is 1. The largest absolute Gasteiger partial charge is 0.396 e. The molecule has 3 nitrogen and oxygen atoms in total. The summed E-state index contributed by atoms with van der Waals surface area (Å²) in [6.45, 7) is 4.70. The summed E-state index contributed by atoms with van der Waals surface area (Å²) < 4.78 is 0. The number of aryl methyl sites for hydroxylation is 2. The summed E-state index contributed by atoms with van der Waals surface area (Å²) in [4.78, 5) is 12.1. The van der Waals surface area contributed by atoms with E-state index in [0.717, 1.165) is 17.1 Å². The van der Waals surface area contributed by atoms with Gasteiger partial charge in [-0.25, -0.2) is 0 Å². The van der Waals surface area contributed by atoms with Crippen LogP contribution in [0.25, 0.3) is 0 Å². The Morgan fingerprint density at radius 3 is 2.58 bits per heavy atom. The first kappa shape index (κ1) is 14.8. The normalized spacial score (nSPS) is 17.4. The minimum absolute atomic E-state index is 0.0576. The summed E-state index contributed by atoms with van der Waals surface area (Å²) in [7, 11) is 3.53. The minimum Gasteiger partial charge on any atom is -0.396 e. The number of benzene rings is 1. The van der Waals surface area contributed by atoms with Crippen LogP contribution >= 0.6 is 21.6 Å². The summed E-state index contributed by atoms with van der Waals surface area (Å²) >= 11 is 0. The second-order valence-corrected chi connectivity index (χ2v) is 7.63. The smallest absolute Gasteiger partial charge is 0.251 e. The van der Waals surface area contributed by atoms with Gasteiger partial charge in [0.15, 0.2) is 0 Å². The summed E-state index contributed by atoms with van der Waals surface area (Å²) in [5.74, 6) is 1.72. The summed E-state index contributed by atoms with van der Waals surface area (Å²) in [6, 6.07) is 5.73. The first-order valence-corrected chi connectivity index (χ1v) is 8.76. The van der Waals surface area contributed by atoms with Gasteiger partial charge in [-0.15, -0.1) is 0 Å². The molecule has 0 radical (unpaired) electrons. The third kappa shape index (κ3) is 3.46. The maximum absolute atomic E-state index is 12.1. The standard InChI is InChI=1S/C14H19NO2S2/c1-10-3-4-12(5-11(10)2)13(17)15-6-14(7-16)8-18-19-9-14/h3-5,16H,6-9H2,1-2H3,(H,15,17). The van der Waals surface area contributed by atoms with Gasteiger partial charge in [-0.3, -0.25) is 4.79 Å². The van der Waals surface area contributed by atoms with E-state index in [9.17, 15) is 9.90 Å². The molecule has 2 N–H and O–H groups in total. The van der Waals surface area contributed by atoms with Crippen molar-refractivity contribution in [3.05, 3.63) is 34.9 Å². The Hall–Kier alpha value is -0.650. The lowest BCUT2D eigenvalue weighted by Gasteiger charge is -2.24. The first-order chi connectivity index (χ1) is 9.06. The van der Waals surface area contributed by atoms with Gasteiger partial charge < -0.3 is 10.4 Å². The van der Waals surface area contributed by atoms with E-state index in [2.05, 4.69) is 5.32 Å². The molecule has 5 heteroatoms. The molecule has 1 aliphatic heterocycles. The van der Waals surface area contributed by atoms with Crippen molar-refractivity contribution >= 4 is 27.5 Å². The Labute approximate surface area is 121 Å². The zero-order valence-electron chi connectivity index (χ0n) is 11.2. The maximum atomic E-state index is 12.1. The molecule has 1 aliphatic rings. The number of aliphatic hydroxyl groups is 1. The second-order valence-electron chi connectivity index (χ2n) is 5.16. The molecule has 104 valence electrons. The maximum Gasteiger partial charge on any atom is 0.251 e. The predicted octanol–water partition coefficient (Wildman–Crippen LogP) is 2.41. The lowest BCUT2D eigenvalue weighted by Crippen LogP contribution is -2.41. The molecule has 0 atom stereocenters. The SMILES string of the molecule is Cc1ccc(C(=O)NCC2(CO)CSSC2)cc1C. The number of carbonyl (C=O) groups excluding carboxylic acids is 1. The van der Waals surface area contributed by atoms with Crippen molar-refractivity contribution < 1.29 is 9.90 Å². The molecule has 1 fully saturated rings. The summed E-state index contributed by atoms with van der Waals surface area (Å²) in [5, 5.41) is 12.5. The molecule has 2 rings (SSSR count). The minimum atomic E-state index is -0.162. The molecule has 1 heterocycles. The van der Waals surface area contributed by atoms with Crippen molar-refractivity contribution in [2.45, 2.75) is 13.8 Å². The highest BCUT2D eigenvalue weighted by molar-refractivity contribution is 8.77. The zero-order valence-corrected chi connectivity index (χ0v) is 12.9. The molecule has 0 unspecified atom stereocenters. The van der Waals surface area contributed by atoms with Crippen molar-refractivity contribution in [2.75, 3.05) is 24.7 Å². The van der Waals surface area contributed by atoms with Crippen LogP contribution in [0.1, 0.15) is 21.5 Å². The Morgan fingerprint density at radius 2 is 2.00 bits per heavy atom. The molecular formula is C14H19NO2S2.